The summed E-state index contributed by atoms with van der Waals surface area (Å²) < 4.78 is 225. The number of hydrogen-bond acceptors (Lipinski definition) is 4. The molecule has 2 N–H and O–H groups in total. The smallest absolute Gasteiger partial charge is 0.460 e. The van der Waals surface area contributed by atoms with E-state index in [-0.39, 0.29) is 24.0 Å². The molecule has 0 aromatic heterocycles. The first kappa shape index (κ1) is 38.2. The van der Waals surface area contributed by atoms with Gasteiger partial charge in [0.25, 0.3) is 0 Å². The Balaban J connectivity index is 5.79. The summed E-state index contributed by atoms with van der Waals surface area (Å²) in [6.45, 7) is -1.95. The van der Waals surface area contributed by atoms with Crippen molar-refractivity contribution in [3.05, 3.63) is 0 Å². The molecule has 1 unspecified atom stereocenters. The first-order valence-electron chi connectivity index (χ1n) is 10.4. The van der Waals surface area contributed by atoms with Gasteiger partial charge in [0.1, 0.15) is 6.54 Å². The number of alkyl halides is 17. The Morgan fingerprint density at radius 2 is 1.10 bits per heavy atom. The maximum Gasteiger partial charge on any atom is 0.460 e. The molecule has 0 aliphatic rings. The van der Waals surface area contributed by atoms with E-state index in [0.717, 1.165) is 0 Å². The van der Waals surface area contributed by atoms with Crippen LogP contribution in [0.4, 0.5) is 74.6 Å². The Morgan fingerprint density at radius 1 is 0.725 bits per heavy atom. The van der Waals surface area contributed by atoms with E-state index >= 15 is 0 Å². The van der Waals surface area contributed by atoms with E-state index in [2.05, 4.69) is 5.32 Å². The Labute approximate surface area is 213 Å². The Kier molecular flexibility index (Phi) is 10.9. The molecule has 22 heteroatoms. The van der Waals surface area contributed by atoms with Gasteiger partial charge in [0, 0.05) is 25.9 Å². The molecule has 0 radical (unpaired) electrons. The fraction of sp³-hybridized carbons (Fsp3) is 0.944. The SMILES string of the molecule is C[N+](C)(CCCNCC(O)CC(F)(F)C(F)(F)C(F)(F)C(F)(F)C(F)(F)C(F)(F)C(F)(F)C(F)(F)F)CC(=O)[O-]. The summed E-state index contributed by atoms with van der Waals surface area (Å²) in [6.07, 6.45) is -13.6. The standard InChI is InChI=1S/C18H21F17N2O3/c1-37(2,8-10(39)40)5-3-4-36-7-9(38)6-11(19,20)12(21,22)13(23,24)14(25,26)15(27,28)16(29,30)17(31,32)18(33,34)35/h9,36,38H,3-8H2,1-2H3. The number of aliphatic hydroxyl groups is 1. The molecule has 0 aliphatic carbocycles. The third kappa shape index (κ3) is 6.96. The Morgan fingerprint density at radius 3 is 1.48 bits per heavy atom. The fourth-order valence-electron chi connectivity index (χ4n) is 3.02. The van der Waals surface area contributed by atoms with Crippen molar-refractivity contribution in [1.82, 2.24) is 5.32 Å². The lowest BCUT2D eigenvalue weighted by Gasteiger charge is -2.43. The van der Waals surface area contributed by atoms with Crippen LogP contribution in [0.25, 0.3) is 0 Å². The highest BCUT2D eigenvalue weighted by molar-refractivity contribution is 5.65. The summed E-state index contributed by atoms with van der Waals surface area (Å²) in [6, 6.07) is 0. The van der Waals surface area contributed by atoms with Crippen molar-refractivity contribution in [3.8, 4) is 0 Å². The quantitative estimate of drug-likeness (QED) is 0.155. The zero-order valence-electron chi connectivity index (χ0n) is 20.0. The second-order valence-electron chi connectivity index (χ2n) is 9.25. The van der Waals surface area contributed by atoms with Gasteiger partial charge in [0.15, 0.2) is 0 Å². The monoisotopic (exact) mass is 636 g/mol. The van der Waals surface area contributed by atoms with Gasteiger partial charge in [-0.3, -0.25) is 0 Å². The first-order chi connectivity index (χ1) is 17.3. The van der Waals surface area contributed by atoms with Gasteiger partial charge in [-0.05, 0) is 0 Å². The topological polar surface area (TPSA) is 72.4 Å². The molecule has 0 spiro atoms. The number of halogens is 17. The number of nitrogens with one attached hydrogen (secondary N) is 1. The number of quaternary nitrogens is 1. The molecule has 40 heavy (non-hydrogen) atoms. The zero-order chi connectivity index (χ0) is 32.6. The predicted octanol–water partition coefficient (Wildman–Crippen LogP) is 3.55. The molecule has 0 saturated heterocycles. The van der Waals surface area contributed by atoms with Gasteiger partial charge < -0.3 is 24.8 Å². The minimum absolute atomic E-state index is 0.00427. The molecule has 0 amide bonds. The third-order valence-electron chi connectivity index (χ3n) is 5.33. The van der Waals surface area contributed by atoms with Crippen LogP contribution in [0, 0.1) is 0 Å². The molecule has 1 atom stereocenters. The molecule has 0 aromatic rings. The lowest BCUT2D eigenvalue weighted by atomic mass is 9.87. The number of likely N-dealkylation sites (N-methyl/N-ethyl adjacent to an activating group) is 1. The number of aliphatic hydroxyl groups excluding tert-OH is 1. The van der Waals surface area contributed by atoms with Crippen LogP contribution >= 0.6 is 0 Å². The second-order valence-corrected chi connectivity index (χ2v) is 9.25. The van der Waals surface area contributed by atoms with E-state index in [4.69, 9.17) is 0 Å². The van der Waals surface area contributed by atoms with Crippen LogP contribution in [0.5, 0.6) is 0 Å². The minimum atomic E-state index is -8.70. The lowest BCUT2D eigenvalue weighted by molar-refractivity contribution is -0.884. The Bertz CT molecular complexity index is 874. The molecule has 5 nitrogen and oxygen atoms in total. The largest absolute Gasteiger partial charge is 0.544 e. The number of hydrogen-bond donors (Lipinski definition) is 2. The summed E-state index contributed by atoms with van der Waals surface area (Å²) in [4.78, 5) is 10.6. The highest BCUT2D eigenvalue weighted by Gasteiger charge is 2.95. The van der Waals surface area contributed by atoms with E-state index in [1.165, 1.54) is 14.1 Å². The van der Waals surface area contributed by atoms with Gasteiger partial charge in [-0.25, -0.2) is 0 Å². The Hall–Kier alpha value is -1.84. The van der Waals surface area contributed by atoms with Crippen LogP contribution in [0.15, 0.2) is 0 Å². The van der Waals surface area contributed by atoms with Crippen LogP contribution in [-0.2, 0) is 4.79 Å². The van der Waals surface area contributed by atoms with Gasteiger partial charge in [-0.15, -0.1) is 0 Å². The molecule has 0 rings (SSSR count). The van der Waals surface area contributed by atoms with E-state index < -0.39 is 79.2 Å². The minimum Gasteiger partial charge on any atom is -0.544 e. The van der Waals surface area contributed by atoms with Gasteiger partial charge in [-0.2, -0.15) is 74.6 Å². The highest BCUT2D eigenvalue weighted by atomic mass is 19.4. The number of carbonyl (C=O) groups excluding carboxylic acids is 1. The number of carbonyl (C=O) groups is 1. The average molecular weight is 636 g/mol. The molecule has 0 saturated carbocycles. The van der Waals surface area contributed by atoms with Crippen molar-refractivity contribution in [1.29, 1.82) is 0 Å². The van der Waals surface area contributed by atoms with Crippen molar-refractivity contribution >= 4 is 5.97 Å². The van der Waals surface area contributed by atoms with Crippen molar-refractivity contribution < 1.29 is 94.1 Å². The fourth-order valence-corrected chi connectivity index (χ4v) is 3.02. The van der Waals surface area contributed by atoms with E-state index in [0.29, 0.717) is 0 Å². The number of nitrogens with zero attached hydrogens (tertiary/aromatic N) is 1. The number of rotatable bonds is 16. The molecule has 240 valence electrons. The van der Waals surface area contributed by atoms with Crippen LogP contribution in [-0.4, -0.2) is 110 Å². The lowest BCUT2D eigenvalue weighted by Crippen LogP contribution is -2.74. The third-order valence-corrected chi connectivity index (χ3v) is 5.33. The van der Waals surface area contributed by atoms with E-state index in [1.807, 2.05) is 0 Å². The summed E-state index contributed by atoms with van der Waals surface area (Å²) >= 11 is 0. The summed E-state index contributed by atoms with van der Waals surface area (Å²) in [5.74, 6) is -58.6. The predicted molar refractivity (Wildman–Crippen MR) is 95.6 cm³/mol. The van der Waals surface area contributed by atoms with Gasteiger partial charge in [0.2, 0.25) is 0 Å². The van der Waals surface area contributed by atoms with Crippen molar-refractivity contribution in [2.45, 2.75) is 66.6 Å². The molecular weight excluding hydrogens is 615 g/mol. The summed E-state index contributed by atoms with van der Waals surface area (Å²) in [5.41, 5.74) is 0. The average Bonchev–Trinajstić information content (AvgIpc) is 2.70. The van der Waals surface area contributed by atoms with Gasteiger partial charge >= 0.3 is 47.6 Å². The number of aliphatic carboxylic acids is 1. The highest BCUT2D eigenvalue weighted by Crippen LogP contribution is 2.64. The number of carboxylic acids is 1. The van der Waals surface area contributed by atoms with Crippen molar-refractivity contribution in [2.24, 2.45) is 0 Å². The number of carboxylic acid groups (broad SMARTS) is 1. The van der Waals surface area contributed by atoms with Crippen LogP contribution in [0.1, 0.15) is 12.8 Å². The molecule has 0 fully saturated rings. The summed E-state index contributed by atoms with van der Waals surface area (Å²) in [5, 5.41) is 22.0. The molecular formula is C18H21F17N2O3. The van der Waals surface area contributed by atoms with Crippen LogP contribution < -0.4 is 10.4 Å². The molecule has 0 heterocycles. The van der Waals surface area contributed by atoms with Gasteiger partial charge in [0.05, 0.1) is 32.7 Å². The molecule has 0 aromatic carbocycles. The van der Waals surface area contributed by atoms with E-state index in [1.54, 1.807) is 0 Å². The maximum atomic E-state index is 13.9. The normalized spacial score (nSPS) is 16.3. The maximum absolute atomic E-state index is 13.9. The molecule has 0 bridgehead atoms. The van der Waals surface area contributed by atoms with Crippen LogP contribution in [0.2, 0.25) is 0 Å². The summed E-state index contributed by atoms with van der Waals surface area (Å²) in [7, 11) is 2.79. The molecule has 0 aliphatic heterocycles. The second kappa shape index (κ2) is 11.4. The van der Waals surface area contributed by atoms with Crippen LogP contribution in [0.3, 0.4) is 0 Å². The first-order valence-corrected chi connectivity index (χ1v) is 10.4. The van der Waals surface area contributed by atoms with Crippen molar-refractivity contribution in [2.75, 3.05) is 40.3 Å². The zero-order valence-corrected chi connectivity index (χ0v) is 20.0. The van der Waals surface area contributed by atoms with Crippen molar-refractivity contribution in [3.63, 3.8) is 0 Å². The van der Waals surface area contributed by atoms with Gasteiger partial charge in [-0.1, -0.05) is 0 Å². The van der Waals surface area contributed by atoms with E-state index in [9.17, 15) is 89.6 Å².